The number of hydrogen-bond acceptors (Lipinski definition) is 5. The average Bonchev–Trinajstić information content (AvgIpc) is 2.66. The molecule has 7 nitrogen and oxygen atoms in total. The minimum absolute atomic E-state index is 0.0630. The lowest BCUT2D eigenvalue weighted by Crippen LogP contribution is -2.20. The van der Waals surface area contributed by atoms with Gasteiger partial charge in [-0.2, -0.15) is 5.26 Å². The average molecular weight is 491 g/mol. The first-order chi connectivity index (χ1) is 13.3. The van der Waals surface area contributed by atoms with Crippen LogP contribution in [-0.2, 0) is 9.59 Å². The number of carbonyl (C=O) groups excluding carboxylic acids is 2. The molecule has 0 radical (unpaired) electrons. The number of para-hydroxylation sites is 1. The van der Waals surface area contributed by atoms with Crippen molar-refractivity contribution >= 4 is 46.2 Å². The van der Waals surface area contributed by atoms with Crippen molar-refractivity contribution in [1.29, 1.82) is 5.26 Å². The highest BCUT2D eigenvalue weighted by atomic mass is 127. The summed E-state index contributed by atoms with van der Waals surface area (Å²) >= 11 is 2.01. The van der Waals surface area contributed by atoms with Crippen molar-refractivity contribution in [3.8, 4) is 17.6 Å². The normalized spacial score (nSPS) is 10.7. The van der Waals surface area contributed by atoms with Crippen molar-refractivity contribution in [3.05, 3.63) is 56.7 Å². The van der Waals surface area contributed by atoms with E-state index in [9.17, 15) is 14.9 Å². The largest absolute Gasteiger partial charge is 0.493 e. The van der Waals surface area contributed by atoms with E-state index in [1.807, 2.05) is 47.7 Å². The standard InChI is InChI=1S/C20H18IN3O4/c1-12-5-3-4-6-16(12)24-20(26)14(10-22)7-13-8-15(21)19(17(9-13)27-2)28-11-18(23)25/h3-9H,11H2,1-2H3,(H2,23,25)(H,24,26)/b14-7+. The van der Waals surface area contributed by atoms with Gasteiger partial charge >= 0.3 is 0 Å². The van der Waals surface area contributed by atoms with Crippen molar-refractivity contribution in [2.24, 2.45) is 5.73 Å². The lowest BCUT2D eigenvalue weighted by atomic mass is 10.1. The van der Waals surface area contributed by atoms with Gasteiger partial charge in [0.25, 0.3) is 11.8 Å². The van der Waals surface area contributed by atoms with E-state index in [2.05, 4.69) is 5.32 Å². The highest BCUT2D eigenvalue weighted by Gasteiger charge is 2.15. The first-order valence-corrected chi connectivity index (χ1v) is 9.21. The predicted molar refractivity (Wildman–Crippen MR) is 114 cm³/mol. The van der Waals surface area contributed by atoms with Gasteiger partial charge < -0.3 is 20.5 Å². The van der Waals surface area contributed by atoms with Crippen LogP contribution >= 0.6 is 22.6 Å². The Labute approximate surface area is 176 Å². The Morgan fingerprint density at radius 2 is 2.04 bits per heavy atom. The summed E-state index contributed by atoms with van der Waals surface area (Å²) in [5.74, 6) is -0.404. The number of nitrogens with two attached hydrogens (primary N) is 1. The van der Waals surface area contributed by atoms with Gasteiger partial charge in [0.2, 0.25) is 0 Å². The second-order valence-electron chi connectivity index (χ2n) is 5.73. The van der Waals surface area contributed by atoms with Crippen LogP contribution in [0.2, 0.25) is 0 Å². The highest BCUT2D eigenvalue weighted by Crippen LogP contribution is 2.34. The van der Waals surface area contributed by atoms with Crippen LogP contribution in [0.25, 0.3) is 6.08 Å². The number of nitriles is 1. The molecule has 0 saturated carbocycles. The third-order valence-electron chi connectivity index (χ3n) is 3.68. The number of methoxy groups -OCH3 is 1. The molecule has 0 fully saturated rings. The molecule has 0 atom stereocenters. The van der Waals surface area contributed by atoms with Gasteiger partial charge in [-0.25, -0.2) is 0 Å². The van der Waals surface area contributed by atoms with Crippen molar-refractivity contribution in [1.82, 2.24) is 0 Å². The lowest BCUT2D eigenvalue weighted by Gasteiger charge is -2.13. The molecular formula is C20H18IN3O4. The number of rotatable bonds is 7. The number of primary amides is 1. The number of hydrogen-bond donors (Lipinski definition) is 2. The van der Waals surface area contributed by atoms with Gasteiger partial charge in [-0.15, -0.1) is 0 Å². The Morgan fingerprint density at radius 1 is 1.32 bits per heavy atom. The molecule has 0 bridgehead atoms. The molecule has 0 aliphatic carbocycles. The molecule has 28 heavy (non-hydrogen) atoms. The van der Waals surface area contributed by atoms with Crippen molar-refractivity contribution in [3.63, 3.8) is 0 Å². The number of carbonyl (C=O) groups is 2. The minimum atomic E-state index is -0.610. The second kappa shape index (κ2) is 9.75. The summed E-state index contributed by atoms with van der Waals surface area (Å²) in [6, 6.07) is 12.5. The maximum Gasteiger partial charge on any atom is 0.266 e. The molecule has 144 valence electrons. The molecule has 0 aliphatic rings. The molecule has 2 amide bonds. The molecule has 0 saturated heterocycles. The van der Waals surface area contributed by atoms with Gasteiger partial charge in [0.15, 0.2) is 18.1 Å². The van der Waals surface area contributed by atoms with E-state index in [4.69, 9.17) is 15.2 Å². The summed E-state index contributed by atoms with van der Waals surface area (Å²) in [6.07, 6.45) is 1.45. The third-order valence-corrected chi connectivity index (χ3v) is 4.48. The Kier molecular flexibility index (Phi) is 7.40. The topological polar surface area (TPSA) is 114 Å². The van der Waals surface area contributed by atoms with E-state index in [1.54, 1.807) is 24.3 Å². The molecule has 0 aliphatic heterocycles. The second-order valence-corrected chi connectivity index (χ2v) is 6.89. The van der Waals surface area contributed by atoms with Crippen LogP contribution in [0, 0.1) is 21.8 Å². The number of ether oxygens (including phenoxy) is 2. The zero-order valence-corrected chi connectivity index (χ0v) is 17.4. The fraction of sp³-hybridized carbons (Fsp3) is 0.150. The SMILES string of the molecule is COc1cc(/C=C(\C#N)C(=O)Nc2ccccc2C)cc(I)c1OCC(N)=O. The summed E-state index contributed by atoms with van der Waals surface area (Å²) < 4.78 is 11.3. The van der Waals surface area contributed by atoms with Crippen molar-refractivity contribution < 1.29 is 19.1 Å². The van der Waals surface area contributed by atoms with Crippen molar-refractivity contribution in [2.75, 3.05) is 19.0 Å². The van der Waals surface area contributed by atoms with Crippen LogP contribution in [-0.4, -0.2) is 25.5 Å². The smallest absolute Gasteiger partial charge is 0.266 e. The van der Waals surface area contributed by atoms with E-state index in [0.29, 0.717) is 26.3 Å². The molecule has 0 aromatic heterocycles. The zero-order chi connectivity index (χ0) is 20.7. The molecule has 2 aromatic carbocycles. The van der Waals surface area contributed by atoms with Crippen LogP contribution in [0.5, 0.6) is 11.5 Å². The Balaban J connectivity index is 2.32. The fourth-order valence-corrected chi connectivity index (χ4v) is 3.11. The Hall–Kier alpha value is -3.06. The molecule has 0 unspecified atom stereocenters. The molecule has 8 heteroatoms. The van der Waals surface area contributed by atoms with Gasteiger partial charge in [0.05, 0.1) is 10.7 Å². The van der Waals surface area contributed by atoms with E-state index in [0.717, 1.165) is 5.56 Å². The Morgan fingerprint density at radius 3 is 2.64 bits per heavy atom. The first-order valence-electron chi connectivity index (χ1n) is 8.13. The predicted octanol–water partition coefficient (Wildman–Crippen LogP) is 3.02. The summed E-state index contributed by atoms with van der Waals surface area (Å²) in [5, 5.41) is 12.1. The molecule has 0 spiro atoms. The number of anilines is 1. The number of nitrogens with one attached hydrogen (secondary N) is 1. The summed E-state index contributed by atoms with van der Waals surface area (Å²) in [7, 11) is 1.45. The molecule has 0 heterocycles. The summed E-state index contributed by atoms with van der Waals surface area (Å²) in [4.78, 5) is 23.4. The van der Waals surface area contributed by atoms with E-state index < -0.39 is 11.8 Å². The van der Waals surface area contributed by atoms with Crippen molar-refractivity contribution in [2.45, 2.75) is 6.92 Å². The maximum atomic E-state index is 12.5. The highest BCUT2D eigenvalue weighted by molar-refractivity contribution is 14.1. The Bertz CT molecular complexity index is 980. The third kappa shape index (κ3) is 5.47. The van der Waals surface area contributed by atoms with Crippen LogP contribution < -0.4 is 20.5 Å². The minimum Gasteiger partial charge on any atom is -0.493 e. The number of benzene rings is 2. The van der Waals surface area contributed by atoms with Crippen LogP contribution in [0.3, 0.4) is 0 Å². The molecule has 2 rings (SSSR count). The maximum absolute atomic E-state index is 12.5. The molecular weight excluding hydrogens is 473 g/mol. The summed E-state index contributed by atoms with van der Waals surface area (Å²) in [5.41, 5.74) is 7.14. The molecule has 3 N–H and O–H groups in total. The van der Waals surface area contributed by atoms with Gasteiger partial charge in [-0.1, -0.05) is 18.2 Å². The number of nitrogens with zero attached hydrogens (tertiary/aromatic N) is 1. The van der Waals surface area contributed by atoms with E-state index >= 15 is 0 Å². The van der Waals surface area contributed by atoms with Crippen LogP contribution in [0.15, 0.2) is 42.0 Å². The lowest BCUT2D eigenvalue weighted by molar-refractivity contribution is -0.120. The van der Waals surface area contributed by atoms with E-state index in [-0.39, 0.29) is 12.2 Å². The number of aryl methyl sites for hydroxylation is 1. The van der Waals surface area contributed by atoms with Gasteiger partial charge in [0.1, 0.15) is 11.6 Å². The zero-order valence-electron chi connectivity index (χ0n) is 15.3. The summed E-state index contributed by atoms with van der Waals surface area (Å²) in [6.45, 7) is 1.58. The van der Waals surface area contributed by atoms with Gasteiger partial charge in [-0.05, 0) is 64.9 Å². The quantitative estimate of drug-likeness (QED) is 0.351. The van der Waals surface area contributed by atoms with Gasteiger partial charge in [0, 0.05) is 5.69 Å². The molecule has 2 aromatic rings. The number of amides is 2. The number of halogens is 1. The first kappa shape index (κ1) is 21.2. The monoisotopic (exact) mass is 491 g/mol. The van der Waals surface area contributed by atoms with Crippen LogP contribution in [0.1, 0.15) is 11.1 Å². The fourth-order valence-electron chi connectivity index (χ4n) is 2.32. The van der Waals surface area contributed by atoms with E-state index in [1.165, 1.54) is 13.2 Å². The van der Waals surface area contributed by atoms with Gasteiger partial charge in [-0.3, -0.25) is 9.59 Å². The van der Waals surface area contributed by atoms with Crippen LogP contribution in [0.4, 0.5) is 5.69 Å².